The van der Waals surface area contributed by atoms with Gasteiger partial charge in [-0.15, -0.1) is 0 Å². The van der Waals surface area contributed by atoms with Crippen molar-refractivity contribution in [2.75, 3.05) is 14.2 Å². The van der Waals surface area contributed by atoms with Crippen molar-refractivity contribution >= 4 is 28.9 Å². The van der Waals surface area contributed by atoms with Crippen molar-refractivity contribution in [3.8, 4) is 17.2 Å². The summed E-state index contributed by atoms with van der Waals surface area (Å²) in [4.78, 5) is 25.2. The predicted octanol–water partition coefficient (Wildman–Crippen LogP) is 4.98. The lowest BCUT2D eigenvalue weighted by Gasteiger charge is -2.12. The van der Waals surface area contributed by atoms with Crippen LogP contribution in [0.5, 0.6) is 17.2 Å². The highest BCUT2D eigenvalue weighted by Crippen LogP contribution is 2.30. The molecule has 4 aromatic carbocycles. The average molecular weight is 472 g/mol. The largest absolute Gasteiger partial charge is 0.493 e. The highest BCUT2D eigenvalue weighted by molar-refractivity contribution is 6.04. The minimum absolute atomic E-state index is 0.251. The van der Waals surface area contributed by atoms with Crippen LogP contribution in [0.1, 0.15) is 26.3 Å². The van der Waals surface area contributed by atoms with E-state index in [2.05, 4.69) is 10.5 Å². The van der Waals surface area contributed by atoms with Gasteiger partial charge in [0, 0.05) is 11.1 Å². The highest BCUT2D eigenvalue weighted by atomic mass is 19.1. The SMILES string of the molecule is COc1ccc(C(=O)Oc2ccc3ccccc3c2C=NNC(=O)c2ccc(F)cc2)cc1OC. The van der Waals surface area contributed by atoms with Gasteiger partial charge in [-0.05, 0) is 59.3 Å². The van der Waals surface area contributed by atoms with Crippen LogP contribution in [0.15, 0.2) is 84.0 Å². The number of ether oxygens (including phenoxy) is 3. The Balaban J connectivity index is 1.62. The first-order valence-electron chi connectivity index (χ1n) is 10.5. The molecule has 0 fully saturated rings. The Morgan fingerprint density at radius 3 is 2.26 bits per heavy atom. The van der Waals surface area contributed by atoms with Crippen LogP contribution in [-0.4, -0.2) is 32.3 Å². The second-order valence-corrected chi connectivity index (χ2v) is 7.36. The second kappa shape index (κ2) is 10.5. The van der Waals surface area contributed by atoms with E-state index in [9.17, 15) is 14.0 Å². The first-order valence-corrected chi connectivity index (χ1v) is 10.5. The van der Waals surface area contributed by atoms with E-state index in [4.69, 9.17) is 14.2 Å². The molecule has 0 saturated carbocycles. The van der Waals surface area contributed by atoms with Crippen LogP contribution < -0.4 is 19.6 Å². The second-order valence-electron chi connectivity index (χ2n) is 7.36. The minimum Gasteiger partial charge on any atom is -0.493 e. The van der Waals surface area contributed by atoms with Crippen molar-refractivity contribution in [3.63, 3.8) is 0 Å². The summed E-state index contributed by atoms with van der Waals surface area (Å²) in [5, 5.41) is 5.70. The van der Waals surface area contributed by atoms with E-state index in [0.717, 1.165) is 10.8 Å². The Morgan fingerprint density at radius 1 is 0.829 bits per heavy atom. The molecule has 0 bridgehead atoms. The molecule has 1 N–H and O–H groups in total. The Hall–Kier alpha value is -4.72. The number of hydrogen-bond acceptors (Lipinski definition) is 6. The summed E-state index contributed by atoms with van der Waals surface area (Å²) >= 11 is 0. The van der Waals surface area contributed by atoms with Gasteiger partial charge in [0.25, 0.3) is 5.91 Å². The maximum absolute atomic E-state index is 13.1. The lowest BCUT2D eigenvalue weighted by molar-refractivity contribution is 0.0734. The summed E-state index contributed by atoms with van der Waals surface area (Å²) in [5.74, 6) is -0.424. The van der Waals surface area contributed by atoms with Gasteiger partial charge in [-0.3, -0.25) is 4.79 Å². The number of nitrogens with one attached hydrogen (secondary N) is 1. The lowest BCUT2D eigenvalue weighted by Crippen LogP contribution is -2.17. The lowest BCUT2D eigenvalue weighted by atomic mass is 10.0. The Morgan fingerprint density at radius 2 is 1.51 bits per heavy atom. The highest BCUT2D eigenvalue weighted by Gasteiger charge is 2.16. The summed E-state index contributed by atoms with van der Waals surface area (Å²) in [5.41, 5.74) is 3.42. The molecule has 35 heavy (non-hydrogen) atoms. The van der Waals surface area contributed by atoms with Crippen molar-refractivity contribution in [2.45, 2.75) is 0 Å². The van der Waals surface area contributed by atoms with E-state index in [1.807, 2.05) is 30.3 Å². The molecule has 0 radical (unpaired) electrons. The Kier molecular flexibility index (Phi) is 7.02. The first-order chi connectivity index (χ1) is 17.0. The maximum atomic E-state index is 13.1. The molecule has 0 atom stereocenters. The molecule has 0 aliphatic rings. The number of carbonyl (C=O) groups is 2. The quantitative estimate of drug-likeness (QED) is 0.177. The number of fused-ring (bicyclic) bond motifs is 1. The number of halogens is 1. The third-order valence-corrected chi connectivity index (χ3v) is 5.22. The number of amides is 1. The van der Waals surface area contributed by atoms with Crippen LogP contribution in [0.4, 0.5) is 4.39 Å². The van der Waals surface area contributed by atoms with Gasteiger partial charge in [0.15, 0.2) is 11.5 Å². The molecule has 0 aliphatic heterocycles. The predicted molar refractivity (Wildman–Crippen MR) is 130 cm³/mol. The molecule has 4 aromatic rings. The summed E-state index contributed by atoms with van der Waals surface area (Å²) in [6.07, 6.45) is 1.40. The van der Waals surface area contributed by atoms with Crippen molar-refractivity contribution in [2.24, 2.45) is 5.10 Å². The van der Waals surface area contributed by atoms with Gasteiger partial charge >= 0.3 is 5.97 Å². The molecule has 8 heteroatoms. The Bertz CT molecular complexity index is 1420. The number of rotatable bonds is 7. The van der Waals surface area contributed by atoms with Gasteiger partial charge in [-0.1, -0.05) is 30.3 Å². The van der Waals surface area contributed by atoms with E-state index in [1.165, 1.54) is 50.8 Å². The van der Waals surface area contributed by atoms with Gasteiger partial charge in [-0.2, -0.15) is 5.10 Å². The van der Waals surface area contributed by atoms with Gasteiger partial charge in [0.1, 0.15) is 11.6 Å². The fourth-order valence-electron chi connectivity index (χ4n) is 3.44. The van der Waals surface area contributed by atoms with Crippen molar-refractivity contribution in [1.29, 1.82) is 0 Å². The smallest absolute Gasteiger partial charge is 0.343 e. The number of methoxy groups -OCH3 is 2. The number of carbonyl (C=O) groups excluding carboxylic acids is 2. The molecule has 0 heterocycles. The van der Waals surface area contributed by atoms with Crippen LogP contribution in [0, 0.1) is 5.82 Å². The third kappa shape index (κ3) is 5.27. The number of nitrogens with zero attached hydrogens (tertiary/aromatic N) is 1. The average Bonchev–Trinajstić information content (AvgIpc) is 2.89. The van der Waals surface area contributed by atoms with Crippen molar-refractivity contribution in [1.82, 2.24) is 5.43 Å². The van der Waals surface area contributed by atoms with Crippen LogP contribution in [-0.2, 0) is 0 Å². The molecule has 7 nitrogen and oxygen atoms in total. The molecule has 0 unspecified atom stereocenters. The topological polar surface area (TPSA) is 86.2 Å². The van der Waals surface area contributed by atoms with Gasteiger partial charge in [0.2, 0.25) is 0 Å². The zero-order chi connectivity index (χ0) is 24.8. The first kappa shape index (κ1) is 23.4. The summed E-state index contributed by atoms with van der Waals surface area (Å²) in [6, 6.07) is 20.8. The molecular formula is C27H21FN2O5. The van der Waals surface area contributed by atoms with E-state index in [1.54, 1.807) is 18.2 Å². The Labute approximate surface area is 200 Å². The molecule has 0 aliphatic carbocycles. The van der Waals surface area contributed by atoms with Crippen LogP contribution in [0.25, 0.3) is 10.8 Å². The third-order valence-electron chi connectivity index (χ3n) is 5.22. The minimum atomic E-state index is -0.605. The monoisotopic (exact) mass is 472 g/mol. The zero-order valence-electron chi connectivity index (χ0n) is 18.9. The maximum Gasteiger partial charge on any atom is 0.343 e. The van der Waals surface area contributed by atoms with Gasteiger partial charge in [-0.25, -0.2) is 14.6 Å². The van der Waals surface area contributed by atoms with E-state index >= 15 is 0 Å². The molecule has 0 spiro atoms. The number of esters is 1. The van der Waals surface area contributed by atoms with Crippen LogP contribution >= 0.6 is 0 Å². The van der Waals surface area contributed by atoms with Crippen molar-refractivity contribution in [3.05, 3.63) is 101 Å². The zero-order valence-corrected chi connectivity index (χ0v) is 18.9. The molecule has 4 rings (SSSR count). The van der Waals surface area contributed by atoms with Crippen LogP contribution in [0.3, 0.4) is 0 Å². The van der Waals surface area contributed by atoms with E-state index in [0.29, 0.717) is 17.1 Å². The van der Waals surface area contributed by atoms with Crippen molar-refractivity contribution < 1.29 is 28.2 Å². The standard InChI is InChI=1S/C27H21FN2O5/c1-33-24-14-10-19(15-25(24)34-2)27(32)35-23-13-9-17-5-3-4-6-21(17)22(23)16-29-30-26(31)18-7-11-20(28)12-8-18/h3-16H,1-2H3,(H,30,31). The van der Waals surface area contributed by atoms with Crippen LogP contribution in [0.2, 0.25) is 0 Å². The number of benzene rings is 4. The molecular weight excluding hydrogens is 451 g/mol. The van der Waals surface area contributed by atoms with Gasteiger partial charge < -0.3 is 14.2 Å². The molecule has 176 valence electrons. The number of hydrogen-bond donors (Lipinski definition) is 1. The van der Waals surface area contributed by atoms with E-state index < -0.39 is 17.7 Å². The molecule has 0 aromatic heterocycles. The van der Waals surface area contributed by atoms with Gasteiger partial charge in [0.05, 0.1) is 26.0 Å². The summed E-state index contributed by atoms with van der Waals surface area (Å²) in [6.45, 7) is 0. The fraction of sp³-hybridized carbons (Fsp3) is 0.0741. The summed E-state index contributed by atoms with van der Waals surface area (Å²) < 4.78 is 29.3. The number of hydrazone groups is 1. The van der Waals surface area contributed by atoms with E-state index in [-0.39, 0.29) is 16.9 Å². The molecule has 0 saturated heterocycles. The fourth-order valence-corrected chi connectivity index (χ4v) is 3.44. The summed E-state index contributed by atoms with van der Waals surface area (Å²) in [7, 11) is 2.98. The molecule has 1 amide bonds. The normalized spacial score (nSPS) is 10.8.